The summed E-state index contributed by atoms with van der Waals surface area (Å²) in [6.45, 7) is 4.44. The van der Waals surface area contributed by atoms with E-state index in [4.69, 9.17) is 4.52 Å². The molecule has 8 nitrogen and oxygen atoms in total. The predicted molar refractivity (Wildman–Crippen MR) is 110 cm³/mol. The van der Waals surface area contributed by atoms with Gasteiger partial charge in [-0.15, -0.1) is 0 Å². The Labute approximate surface area is 174 Å². The van der Waals surface area contributed by atoms with Crippen molar-refractivity contribution in [3.8, 4) is 0 Å². The molecule has 0 aliphatic carbocycles. The van der Waals surface area contributed by atoms with Gasteiger partial charge in [-0.2, -0.15) is 0 Å². The second-order valence-corrected chi connectivity index (χ2v) is 10.7. The highest BCUT2D eigenvalue weighted by molar-refractivity contribution is 7.98. The first-order chi connectivity index (χ1) is 13.9. The summed E-state index contributed by atoms with van der Waals surface area (Å²) in [6, 6.07) is 5.55. The molecule has 1 atom stereocenters. The molecule has 0 N–H and O–H groups in total. The molecule has 10 heteroatoms. The zero-order chi connectivity index (χ0) is 20.4. The molecule has 2 fully saturated rings. The number of pyridine rings is 1. The van der Waals surface area contributed by atoms with E-state index in [9.17, 15) is 13.2 Å². The SMILES string of the molecule is Cc1cc(CSc2ncccc2C(=O)N2CCN([C@H]3CCS(=O)(=O)C3)CC2)no1. The molecule has 0 unspecified atom stereocenters. The molecule has 156 valence electrons. The van der Waals surface area contributed by atoms with E-state index in [1.54, 1.807) is 12.3 Å². The highest BCUT2D eigenvalue weighted by atomic mass is 32.2. The molecule has 0 radical (unpaired) electrons. The number of hydrogen-bond donors (Lipinski definition) is 0. The maximum atomic E-state index is 13.1. The fraction of sp³-hybridized carbons (Fsp3) is 0.526. The summed E-state index contributed by atoms with van der Waals surface area (Å²) in [4.78, 5) is 21.5. The van der Waals surface area contributed by atoms with Gasteiger partial charge in [-0.1, -0.05) is 16.9 Å². The number of aromatic nitrogens is 2. The summed E-state index contributed by atoms with van der Waals surface area (Å²) in [5.41, 5.74) is 1.41. The Balaban J connectivity index is 1.37. The molecule has 0 spiro atoms. The molecule has 2 aromatic rings. The molecule has 4 rings (SSSR count). The summed E-state index contributed by atoms with van der Waals surface area (Å²) in [6.07, 6.45) is 2.38. The monoisotopic (exact) mass is 436 g/mol. The molecule has 2 aliphatic rings. The van der Waals surface area contributed by atoms with Crippen LogP contribution in [-0.4, -0.2) is 78.0 Å². The van der Waals surface area contributed by atoms with Crippen LogP contribution in [0.15, 0.2) is 33.9 Å². The van der Waals surface area contributed by atoms with Gasteiger partial charge < -0.3 is 9.42 Å². The minimum Gasteiger partial charge on any atom is -0.361 e. The van der Waals surface area contributed by atoms with Crippen molar-refractivity contribution in [3.05, 3.63) is 41.4 Å². The Morgan fingerprint density at radius 2 is 2.10 bits per heavy atom. The van der Waals surface area contributed by atoms with Crippen molar-refractivity contribution < 1.29 is 17.7 Å². The first-order valence-electron chi connectivity index (χ1n) is 9.65. The van der Waals surface area contributed by atoms with Gasteiger partial charge in [0.25, 0.3) is 5.91 Å². The van der Waals surface area contributed by atoms with Gasteiger partial charge in [-0.25, -0.2) is 13.4 Å². The zero-order valence-corrected chi connectivity index (χ0v) is 17.9. The largest absolute Gasteiger partial charge is 0.361 e. The van der Waals surface area contributed by atoms with E-state index in [0.717, 1.165) is 11.5 Å². The van der Waals surface area contributed by atoms with Crippen LogP contribution in [0, 0.1) is 6.92 Å². The highest BCUT2D eigenvalue weighted by Gasteiger charge is 2.34. The van der Waals surface area contributed by atoms with Crippen LogP contribution in [0.4, 0.5) is 0 Å². The number of nitrogens with zero attached hydrogens (tertiary/aromatic N) is 4. The van der Waals surface area contributed by atoms with Gasteiger partial charge in [0.15, 0.2) is 9.84 Å². The van der Waals surface area contributed by atoms with Crippen molar-refractivity contribution in [2.75, 3.05) is 37.7 Å². The van der Waals surface area contributed by atoms with Crippen molar-refractivity contribution in [1.82, 2.24) is 19.9 Å². The number of hydrogen-bond acceptors (Lipinski definition) is 8. The summed E-state index contributed by atoms with van der Waals surface area (Å²) in [5, 5.41) is 4.67. The van der Waals surface area contributed by atoms with E-state index in [1.165, 1.54) is 11.8 Å². The lowest BCUT2D eigenvalue weighted by molar-refractivity contribution is 0.0584. The first-order valence-corrected chi connectivity index (χ1v) is 12.5. The van der Waals surface area contributed by atoms with Gasteiger partial charge in [-0.05, 0) is 25.5 Å². The van der Waals surface area contributed by atoms with Crippen LogP contribution in [0.25, 0.3) is 0 Å². The molecule has 29 heavy (non-hydrogen) atoms. The summed E-state index contributed by atoms with van der Waals surface area (Å²) < 4.78 is 28.6. The highest BCUT2D eigenvalue weighted by Crippen LogP contribution is 2.26. The number of sulfone groups is 1. The first kappa shape index (κ1) is 20.4. The van der Waals surface area contributed by atoms with Gasteiger partial charge in [0.1, 0.15) is 10.8 Å². The summed E-state index contributed by atoms with van der Waals surface area (Å²) >= 11 is 1.47. The van der Waals surface area contributed by atoms with Gasteiger partial charge in [0.05, 0.1) is 22.8 Å². The van der Waals surface area contributed by atoms with Gasteiger partial charge in [0, 0.05) is 50.2 Å². The van der Waals surface area contributed by atoms with E-state index < -0.39 is 9.84 Å². The van der Waals surface area contributed by atoms with Crippen LogP contribution in [0.5, 0.6) is 0 Å². The van der Waals surface area contributed by atoms with Crippen LogP contribution in [-0.2, 0) is 15.6 Å². The number of aryl methyl sites for hydroxylation is 1. The lowest BCUT2D eigenvalue weighted by Gasteiger charge is -2.37. The van der Waals surface area contributed by atoms with Gasteiger partial charge in [-0.3, -0.25) is 9.69 Å². The number of carbonyl (C=O) groups excluding carboxylic acids is 1. The maximum absolute atomic E-state index is 13.1. The Morgan fingerprint density at radius 1 is 1.31 bits per heavy atom. The van der Waals surface area contributed by atoms with Gasteiger partial charge >= 0.3 is 0 Å². The fourth-order valence-electron chi connectivity index (χ4n) is 3.82. The lowest BCUT2D eigenvalue weighted by Crippen LogP contribution is -2.52. The quantitative estimate of drug-likeness (QED) is 0.653. The van der Waals surface area contributed by atoms with Crippen molar-refractivity contribution in [2.24, 2.45) is 0 Å². The fourth-order valence-corrected chi connectivity index (χ4v) is 6.45. The Kier molecular flexibility index (Phi) is 5.93. The third-order valence-electron chi connectivity index (χ3n) is 5.36. The molecule has 2 aromatic heterocycles. The average Bonchev–Trinajstić information content (AvgIpc) is 3.31. The molecule has 4 heterocycles. The minimum absolute atomic E-state index is 0.0318. The Hall–Kier alpha value is -1.91. The Bertz CT molecular complexity index is 984. The zero-order valence-electron chi connectivity index (χ0n) is 16.3. The third-order valence-corrected chi connectivity index (χ3v) is 8.15. The van der Waals surface area contributed by atoms with Gasteiger partial charge in [0.2, 0.25) is 0 Å². The average molecular weight is 437 g/mol. The van der Waals surface area contributed by atoms with Crippen molar-refractivity contribution >= 4 is 27.5 Å². The maximum Gasteiger partial charge on any atom is 0.256 e. The van der Waals surface area contributed by atoms with Crippen LogP contribution >= 0.6 is 11.8 Å². The topological polar surface area (TPSA) is 96.6 Å². The Morgan fingerprint density at radius 3 is 2.76 bits per heavy atom. The lowest BCUT2D eigenvalue weighted by atomic mass is 10.1. The molecule has 1 amide bonds. The second-order valence-electron chi connectivity index (χ2n) is 7.46. The molecule has 2 aliphatic heterocycles. The summed E-state index contributed by atoms with van der Waals surface area (Å²) in [7, 11) is -2.90. The molecule has 0 bridgehead atoms. The molecule has 0 saturated carbocycles. The van der Waals surface area contributed by atoms with Crippen LogP contribution < -0.4 is 0 Å². The summed E-state index contributed by atoms with van der Waals surface area (Å²) in [5.74, 6) is 1.82. The number of piperazine rings is 1. The van der Waals surface area contributed by atoms with Crippen LogP contribution in [0.2, 0.25) is 0 Å². The van der Waals surface area contributed by atoms with Crippen LogP contribution in [0.1, 0.15) is 28.2 Å². The van der Waals surface area contributed by atoms with Crippen molar-refractivity contribution in [1.29, 1.82) is 0 Å². The number of carbonyl (C=O) groups is 1. The smallest absolute Gasteiger partial charge is 0.256 e. The van der Waals surface area contributed by atoms with E-state index in [2.05, 4.69) is 15.0 Å². The van der Waals surface area contributed by atoms with E-state index in [0.29, 0.717) is 48.9 Å². The minimum atomic E-state index is -2.90. The molecular formula is C19H24N4O4S2. The van der Waals surface area contributed by atoms with E-state index in [-0.39, 0.29) is 23.5 Å². The molecular weight excluding hydrogens is 412 g/mol. The van der Waals surface area contributed by atoms with E-state index in [1.807, 2.05) is 24.0 Å². The number of amides is 1. The van der Waals surface area contributed by atoms with Crippen molar-refractivity contribution in [2.45, 2.75) is 30.2 Å². The molecule has 0 aromatic carbocycles. The van der Waals surface area contributed by atoms with Crippen LogP contribution in [0.3, 0.4) is 0 Å². The second kappa shape index (κ2) is 8.45. The number of rotatable bonds is 5. The normalized spacial score (nSPS) is 22.1. The number of thioether (sulfide) groups is 1. The third kappa shape index (κ3) is 4.81. The van der Waals surface area contributed by atoms with E-state index >= 15 is 0 Å². The standard InChI is InChI=1S/C19H24N4O4S2/c1-14-11-15(21-27-14)12-28-18-17(3-2-5-20-18)19(24)23-8-6-22(7-9-23)16-4-10-29(25,26)13-16/h2-3,5,11,16H,4,6-10,12-13H2,1H3/t16-/m0/s1. The molecule has 2 saturated heterocycles. The van der Waals surface area contributed by atoms with Crippen molar-refractivity contribution in [3.63, 3.8) is 0 Å². The predicted octanol–water partition coefficient (Wildman–Crippen LogP) is 1.62.